The second kappa shape index (κ2) is 5.40. The van der Waals surface area contributed by atoms with Crippen molar-refractivity contribution in [3.63, 3.8) is 0 Å². The number of pyridine rings is 1. The highest BCUT2D eigenvalue weighted by Crippen LogP contribution is 2.30. The lowest BCUT2D eigenvalue weighted by Gasteiger charge is -2.33. The summed E-state index contributed by atoms with van der Waals surface area (Å²) in [6.45, 7) is 1.30. The average molecular weight is 298 g/mol. The van der Waals surface area contributed by atoms with Gasteiger partial charge >= 0.3 is 6.18 Å². The number of morpholine rings is 1. The molecule has 0 bridgehead atoms. The number of furan rings is 1. The third kappa shape index (κ3) is 3.02. The summed E-state index contributed by atoms with van der Waals surface area (Å²) in [6.07, 6.45) is -3.20. The number of nitrogens with zero attached hydrogens (tertiary/aromatic N) is 2. The van der Waals surface area contributed by atoms with Crippen LogP contribution in [-0.4, -0.2) is 24.7 Å². The van der Waals surface area contributed by atoms with Gasteiger partial charge in [0.15, 0.2) is 0 Å². The lowest BCUT2D eigenvalue weighted by molar-refractivity contribution is -0.141. The van der Waals surface area contributed by atoms with Crippen molar-refractivity contribution in [1.29, 1.82) is 0 Å². The van der Waals surface area contributed by atoms with Gasteiger partial charge in [-0.15, -0.1) is 0 Å². The molecule has 7 heteroatoms. The first kappa shape index (κ1) is 13.9. The highest BCUT2D eigenvalue weighted by Gasteiger charge is 2.33. The number of anilines is 1. The van der Waals surface area contributed by atoms with Crippen LogP contribution in [0.25, 0.3) is 0 Å². The molecule has 21 heavy (non-hydrogen) atoms. The Balaban J connectivity index is 1.80. The predicted octanol–water partition coefficient (Wildman–Crippen LogP) is 3.27. The molecule has 4 nitrogen and oxygen atoms in total. The number of halogens is 3. The molecule has 0 amide bonds. The molecular formula is C14H13F3N2O2. The number of alkyl halides is 3. The van der Waals surface area contributed by atoms with Crippen molar-refractivity contribution in [2.75, 3.05) is 24.6 Å². The monoisotopic (exact) mass is 298 g/mol. The van der Waals surface area contributed by atoms with Crippen molar-refractivity contribution in [1.82, 2.24) is 4.98 Å². The minimum Gasteiger partial charge on any atom is -0.467 e. The highest BCUT2D eigenvalue weighted by molar-refractivity contribution is 5.40. The summed E-state index contributed by atoms with van der Waals surface area (Å²) in [5.41, 5.74) is -0.888. The normalized spacial score (nSPS) is 19.8. The van der Waals surface area contributed by atoms with Gasteiger partial charge in [-0.05, 0) is 24.3 Å². The maximum Gasteiger partial charge on any atom is 0.433 e. The molecule has 2 aromatic rings. The molecule has 0 radical (unpaired) electrons. The van der Waals surface area contributed by atoms with Crippen molar-refractivity contribution >= 4 is 5.82 Å². The Labute approximate surface area is 119 Å². The van der Waals surface area contributed by atoms with Gasteiger partial charge in [0, 0.05) is 6.54 Å². The lowest BCUT2D eigenvalue weighted by atomic mass is 10.2. The summed E-state index contributed by atoms with van der Waals surface area (Å²) < 4.78 is 49.0. The molecule has 0 spiro atoms. The molecule has 1 aliphatic heterocycles. The molecule has 3 heterocycles. The zero-order chi connectivity index (χ0) is 14.9. The van der Waals surface area contributed by atoms with E-state index < -0.39 is 11.9 Å². The van der Waals surface area contributed by atoms with Gasteiger partial charge in [-0.2, -0.15) is 13.2 Å². The van der Waals surface area contributed by atoms with E-state index in [0.29, 0.717) is 31.3 Å². The van der Waals surface area contributed by atoms with Crippen LogP contribution >= 0.6 is 0 Å². The average Bonchev–Trinajstić information content (AvgIpc) is 3.01. The van der Waals surface area contributed by atoms with Crippen LogP contribution in [0.5, 0.6) is 0 Å². The van der Waals surface area contributed by atoms with Crippen LogP contribution in [0.2, 0.25) is 0 Å². The minimum absolute atomic E-state index is 0.296. The van der Waals surface area contributed by atoms with Gasteiger partial charge in [-0.25, -0.2) is 4.98 Å². The number of aromatic nitrogens is 1. The summed E-state index contributed by atoms with van der Waals surface area (Å²) in [7, 11) is 0. The molecule has 1 unspecified atom stereocenters. The number of rotatable bonds is 2. The summed E-state index contributed by atoms with van der Waals surface area (Å²) in [5.74, 6) is 0.955. The van der Waals surface area contributed by atoms with E-state index in [1.54, 1.807) is 29.4 Å². The molecule has 2 aromatic heterocycles. The third-order valence-electron chi connectivity index (χ3n) is 3.28. The van der Waals surface area contributed by atoms with Crippen molar-refractivity contribution in [2.45, 2.75) is 12.3 Å². The van der Waals surface area contributed by atoms with E-state index in [-0.39, 0.29) is 6.10 Å². The smallest absolute Gasteiger partial charge is 0.433 e. The number of hydrogen-bond acceptors (Lipinski definition) is 4. The number of hydrogen-bond donors (Lipinski definition) is 0. The fraction of sp³-hybridized carbons (Fsp3) is 0.357. The van der Waals surface area contributed by atoms with Crippen LogP contribution in [0.15, 0.2) is 41.0 Å². The van der Waals surface area contributed by atoms with E-state index in [1.165, 1.54) is 6.07 Å². The first-order chi connectivity index (χ1) is 10.0. The molecular weight excluding hydrogens is 285 g/mol. The Morgan fingerprint density at radius 2 is 2.05 bits per heavy atom. The van der Waals surface area contributed by atoms with Gasteiger partial charge < -0.3 is 14.1 Å². The van der Waals surface area contributed by atoms with Crippen LogP contribution in [0.4, 0.5) is 19.0 Å². The lowest BCUT2D eigenvalue weighted by Crippen LogP contribution is -2.39. The fourth-order valence-electron chi connectivity index (χ4n) is 2.26. The highest BCUT2D eigenvalue weighted by atomic mass is 19.4. The van der Waals surface area contributed by atoms with Crippen molar-refractivity contribution in [3.05, 3.63) is 48.0 Å². The molecule has 1 aliphatic rings. The van der Waals surface area contributed by atoms with E-state index in [1.807, 2.05) is 0 Å². The van der Waals surface area contributed by atoms with Gasteiger partial charge in [-0.1, -0.05) is 6.07 Å². The number of ether oxygens (including phenoxy) is 1. The fourth-order valence-corrected chi connectivity index (χ4v) is 2.26. The van der Waals surface area contributed by atoms with E-state index in [4.69, 9.17) is 9.15 Å². The molecule has 0 aromatic carbocycles. The van der Waals surface area contributed by atoms with Gasteiger partial charge in [0.1, 0.15) is 23.4 Å². The SMILES string of the molecule is FC(F)(F)c1cccc(N2CCOC(c3ccco3)C2)n1. The first-order valence-electron chi connectivity index (χ1n) is 6.48. The molecule has 0 saturated carbocycles. The Morgan fingerprint density at radius 1 is 1.19 bits per heavy atom. The molecule has 1 saturated heterocycles. The van der Waals surface area contributed by atoms with Crippen LogP contribution in [0, 0.1) is 0 Å². The Kier molecular flexibility index (Phi) is 3.59. The molecule has 0 N–H and O–H groups in total. The molecule has 3 rings (SSSR count). The standard InChI is InChI=1S/C14H13F3N2O2/c15-14(16,17)12-4-1-5-13(18-12)19-6-8-21-11(9-19)10-3-2-7-20-10/h1-5,7,11H,6,8-9H2. The molecule has 1 atom stereocenters. The van der Waals surface area contributed by atoms with Gasteiger partial charge in [0.25, 0.3) is 0 Å². The quantitative estimate of drug-likeness (QED) is 0.853. The van der Waals surface area contributed by atoms with Gasteiger partial charge in [0.2, 0.25) is 0 Å². The largest absolute Gasteiger partial charge is 0.467 e. The van der Waals surface area contributed by atoms with Crippen LogP contribution < -0.4 is 4.90 Å². The van der Waals surface area contributed by atoms with Crippen LogP contribution in [0.3, 0.4) is 0 Å². The first-order valence-corrected chi connectivity index (χ1v) is 6.48. The predicted molar refractivity (Wildman–Crippen MR) is 68.9 cm³/mol. The zero-order valence-corrected chi connectivity index (χ0v) is 11.0. The van der Waals surface area contributed by atoms with Crippen molar-refractivity contribution in [2.24, 2.45) is 0 Å². The second-order valence-electron chi connectivity index (χ2n) is 4.70. The van der Waals surface area contributed by atoms with E-state index in [2.05, 4.69) is 4.98 Å². The Hall–Kier alpha value is -2.02. The zero-order valence-electron chi connectivity index (χ0n) is 11.0. The maximum absolute atomic E-state index is 12.7. The van der Waals surface area contributed by atoms with Gasteiger partial charge in [-0.3, -0.25) is 0 Å². The molecule has 112 valence electrons. The van der Waals surface area contributed by atoms with E-state index in [0.717, 1.165) is 6.07 Å². The Morgan fingerprint density at radius 3 is 2.76 bits per heavy atom. The van der Waals surface area contributed by atoms with E-state index >= 15 is 0 Å². The maximum atomic E-state index is 12.7. The molecule has 1 fully saturated rings. The van der Waals surface area contributed by atoms with Crippen molar-refractivity contribution in [3.8, 4) is 0 Å². The molecule has 0 aliphatic carbocycles. The summed E-state index contributed by atoms with van der Waals surface area (Å²) in [4.78, 5) is 5.47. The Bertz CT molecular complexity index is 599. The third-order valence-corrected chi connectivity index (χ3v) is 3.28. The van der Waals surface area contributed by atoms with Crippen LogP contribution in [0.1, 0.15) is 17.6 Å². The second-order valence-corrected chi connectivity index (χ2v) is 4.70. The van der Waals surface area contributed by atoms with Crippen molar-refractivity contribution < 1.29 is 22.3 Å². The topological polar surface area (TPSA) is 38.5 Å². The summed E-state index contributed by atoms with van der Waals surface area (Å²) in [6, 6.07) is 7.43. The summed E-state index contributed by atoms with van der Waals surface area (Å²) in [5, 5.41) is 0. The summed E-state index contributed by atoms with van der Waals surface area (Å²) >= 11 is 0. The van der Waals surface area contributed by atoms with Crippen LogP contribution in [-0.2, 0) is 10.9 Å². The van der Waals surface area contributed by atoms with Gasteiger partial charge in [0.05, 0.1) is 19.4 Å². The van der Waals surface area contributed by atoms with E-state index in [9.17, 15) is 13.2 Å². The minimum atomic E-state index is -4.44.